The molecule has 0 aromatic heterocycles. The fourth-order valence-electron chi connectivity index (χ4n) is 5.25. The van der Waals surface area contributed by atoms with Crippen molar-refractivity contribution in [2.45, 2.75) is 62.6 Å². The lowest BCUT2D eigenvalue weighted by atomic mass is 10.1. The summed E-state index contributed by atoms with van der Waals surface area (Å²) in [7, 11) is -1.16. The van der Waals surface area contributed by atoms with Crippen LogP contribution in [0.4, 0.5) is 5.69 Å². The second-order valence-corrected chi connectivity index (χ2v) is 12.7. The minimum atomic E-state index is -4.22. The molecule has 1 saturated carbocycles. The maximum atomic E-state index is 14.2. The highest BCUT2D eigenvalue weighted by Gasteiger charge is 2.34. The maximum Gasteiger partial charge on any atom is 0.264 e. The number of sulfonamides is 1. The zero-order valence-corrected chi connectivity index (χ0v) is 26.2. The molecule has 11 heteroatoms. The monoisotopic (exact) mass is 627 g/mol. The van der Waals surface area contributed by atoms with E-state index < -0.39 is 28.5 Å². The molecule has 1 aliphatic carbocycles. The quantitative estimate of drug-likeness (QED) is 0.271. The highest BCUT2D eigenvalue weighted by molar-refractivity contribution is 7.92. The number of rotatable bonds is 13. The van der Waals surface area contributed by atoms with Crippen molar-refractivity contribution in [2.24, 2.45) is 0 Å². The number of halogens is 1. The molecular formula is C32H38ClN3O6S. The van der Waals surface area contributed by atoms with E-state index >= 15 is 0 Å². The minimum absolute atomic E-state index is 0.0196. The third-order valence-electron chi connectivity index (χ3n) is 7.62. The number of hydrogen-bond acceptors (Lipinski definition) is 6. The lowest BCUT2D eigenvalue weighted by molar-refractivity contribution is -0.140. The van der Waals surface area contributed by atoms with Gasteiger partial charge in [0.15, 0.2) is 0 Å². The van der Waals surface area contributed by atoms with Crippen molar-refractivity contribution in [3.05, 3.63) is 83.4 Å². The van der Waals surface area contributed by atoms with E-state index in [9.17, 15) is 18.0 Å². The number of carbonyl (C=O) groups is 2. The number of ether oxygens (including phenoxy) is 2. The lowest BCUT2D eigenvalue weighted by Gasteiger charge is -2.33. The van der Waals surface area contributed by atoms with Crippen molar-refractivity contribution in [3.8, 4) is 11.5 Å². The van der Waals surface area contributed by atoms with Gasteiger partial charge in [-0.3, -0.25) is 13.9 Å². The van der Waals surface area contributed by atoms with Gasteiger partial charge in [0.2, 0.25) is 11.8 Å². The number of methoxy groups -OCH3 is 2. The van der Waals surface area contributed by atoms with E-state index in [1.807, 2.05) is 19.1 Å². The van der Waals surface area contributed by atoms with E-state index in [0.29, 0.717) is 22.9 Å². The molecule has 3 aromatic rings. The number of benzene rings is 3. The molecular weight excluding hydrogens is 590 g/mol. The molecule has 0 aliphatic heterocycles. The van der Waals surface area contributed by atoms with Gasteiger partial charge < -0.3 is 19.7 Å². The minimum Gasteiger partial charge on any atom is -0.497 e. The summed E-state index contributed by atoms with van der Waals surface area (Å²) in [5.41, 5.74) is 0.998. The molecule has 9 nitrogen and oxygen atoms in total. The molecule has 3 aromatic carbocycles. The van der Waals surface area contributed by atoms with E-state index in [4.69, 9.17) is 21.1 Å². The van der Waals surface area contributed by atoms with Crippen molar-refractivity contribution >= 4 is 39.1 Å². The highest BCUT2D eigenvalue weighted by atomic mass is 35.5. The second kappa shape index (κ2) is 14.6. The first kappa shape index (κ1) is 32.2. The zero-order valence-electron chi connectivity index (χ0n) is 24.7. The van der Waals surface area contributed by atoms with E-state index in [-0.39, 0.29) is 29.1 Å². The van der Waals surface area contributed by atoms with Crippen LogP contribution in [0.2, 0.25) is 5.02 Å². The SMILES string of the molecule is CC[C@@H](C(=O)NC1CCCC1)N(Cc1ccc(OC)cc1)C(=O)CN(c1cccc(Cl)c1)S(=O)(=O)c1ccc(OC)cc1. The standard InChI is InChI=1S/C32H38ClN3O6S/c1-4-30(32(38)34-25-9-5-6-10-25)35(21-23-12-14-27(41-2)15-13-23)31(37)22-36(26-11-7-8-24(33)20-26)43(39,40)29-18-16-28(42-3)17-19-29/h7-8,11-20,25,30H,4-6,9-10,21-22H2,1-3H3,(H,34,38)/t30-/m0/s1. The smallest absolute Gasteiger partial charge is 0.264 e. The molecule has 1 N–H and O–H groups in total. The van der Waals surface area contributed by atoms with Crippen molar-refractivity contribution in [1.82, 2.24) is 10.2 Å². The summed E-state index contributed by atoms with van der Waals surface area (Å²) >= 11 is 6.25. The second-order valence-electron chi connectivity index (χ2n) is 10.5. The van der Waals surface area contributed by atoms with Gasteiger partial charge in [0.05, 0.1) is 24.8 Å². The Morgan fingerprint density at radius 2 is 1.56 bits per heavy atom. The molecule has 1 atom stereocenters. The van der Waals surface area contributed by atoms with Crippen molar-refractivity contribution in [3.63, 3.8) is 0 Å². The van der Waals surface area contributed by atoms with Crippen LogP contribution in [0.15, 0.2) is 77.7 Å². The molecule has 1 fully saturated rings. The summed E-state index contributed by atoms with van der Waals surface area (Å²) in [6, 6.07) is 18.7. The third-order valence-corrected chi connectivity index (χ3v) is 9.65. The number of nitrogens with one attached hydrogen (secondary N) is 1. The van der Waals surface area contributed by atoms with Gasteiger partial charge in [-0.15, -0.1) is 0 Å². The Bertz CT molecular complexity index is 1490. The van der Waals surface area contributed by atoms with Crippen LogP contribution in [0, 0.1) is 0 Å². The summed E-state index contributed by atoms with van der Waals surface area (Å²) in [6.45, 7) is 1.40. The number of anilines is 1. The molecule has 0 unspecified atom stereocenters. The van der Waals surface area contributed by atoms with Crippen LogP contribution in [-0.2, 0) is 26.2 Å². The van der Waals surface area contributed by atoms with Gasteiger partial charge in [-0.25, -0.2) is 8.42 Å². The summed E-state index contributed by atoms with van der Waals surface area (Å²) < 4.78 is 39.5. The summed E-state index contributed by atoms with van der Waals surface area (Å²) in [6.07, 6.45) is 4.25. The Morgan fingerprint density at radius 1 is 0.953 bits per heavy atom. The van der Waals surface area contributed by atoms with E-state index in [0.717, 1.165) is 35.6 Å². The Hall–Kier alpha value is -3.76. The first-order valence-corrected chi connectivity index (χ1v) is 16.1. The van der Waals surface area contributed by atoms with Gasteiger partial charge in [-0.2, -0.15) is 0 Å². The average Bonchev–Trinajstić information content (AvgIpc) is 3.53. The fourth-order valence-corrected chi connectivity index (χ4v) is 6.84. The zero-order chi connectivity index (χ0) is 31.0. The molecule has 0 spiro atoms. The summed E-state index contributed by atoms with van der Waals surface area (Å²) in [4.78, 5) is 29.2. The predicted octanol–water partition coefficient (Wildman–Crippen LogP) is 5.42. The number of amides is 2. The van der Waals surface area contributed by atoms with Crippen molar-refractivity contribution in [2.75, 3.05) is 25.1 Å². The Balaban J connectivity index is 1.71. The maximum absolute atomic E-state index is 14.2. The normalized spacial score (nSPS) is 14.1. The largest absolute Gasteiger partial charge is 0.497 e. The van der Waals surface area contributed by atoms with Gasteiger partial charge in [0, 0.05) is 17.6 Å². The summed E-state index contributed by atoms with van der Waals surface area (Å²) in [5, 5.41) is 3.43. The molecule has 4 rings (SSSR count). The van der Waals surface area contributed by atoms with Crippen LogP contribution in [0.5, 0.6) is 11.5 Å². The van der Waals surface area contributed by atoms with Crippen LogP contribution in [0.25, 0.3) is 0 Å². The predicted molar refractivity (Wildman–Crippen MR) is 167 cm³/mol. The van der Waals surface area contributed by atoms with Gasteiger partial charge in [-0.1, -0.05) is 49.6 Å². The van der Waals surface area contributed by atoms with Crippen LogP contribution >= 0.6 is 11.6 Å². The molecule has 0 radical (unpaired) electrons. The van der Waals surface area contributed by atoms with E-state index in [2.05, 4.69) is 5.32 Å². The van der Waals surface area contributed by atoms with E-state index in [1.54, 1.807) is 49.6 Å². The average molecular weight is 628 g/mol. The first-order chi connectivity index (χ1) is 20.7. The van der Waals surface area contributed by atoms with Crippen molar-refractivity contribution < 1.29 is 27.5 Å². The van der Waals surface area contributed by atoms with Gasteiger partial charge in [0.1, 0.15) is 24.1 Å². The first-order valence-electron chi connectivity index (χ1n) is 14.3. The number of hydrogen-bond donors (Lipinski definition) is 1. The summed E-state index contributed by atoms with van der Waals surface area (Å²) in [5.74, 6) is 0.379. The molecule has 0 saturated heterocycles. The third kappa shape index (κ3) is 8.00. The molecule has 2 amide bonds. The van der Waals surface area contributed by atoms with Crippen LogP contribution in [0.1, 0.15) is 44.6 Å². The van der Waals surface area contributed by atoms with Crippen molar-refractivity contribution in [1.29, 1.82) is 0 Å². The molecule has 1 aliphatic rings. The Kier molecular flexibility index (Phi) is 10.9. The van der Waals surface area contributed by atoms with Gasteiger partial charge in [0.25, 0.3) is 10.0 Å². The molecule has 0 bridgehead atoms. The van der Waals surface area contributed by atoms with E-state index in [1.165, 1.54) is 30.2 Å². The number of carbonyl (C=O) groups excluding carboxylic acids is 2. The Morgan fingerprint density at radius 3 is 2.12 bits per heavy atom. The topological polar surface area (TPSA) is 105 Å². The molecule has 230 valence electrons. The van der Waals surface area contributed by atoms with Gasteiger partial charge >= 0.3 is 0 Å². The molecule has 43 heavy (non-hydrogen) atoms. The highest BCUT2D eigenvalue weighted by Crippen LogP contribution is 2.28. The molecule has 0 heterocycles. The van der Waals surface area contributed by atoms with Crippen LogP contribution < -0.4 is 19.1 Å². The van der Waals surface area contributed by atoms with Crippen LogP contribution in [-0.4, -0.2) is 58.0 Å². The lowest BCUT2D eigenvalue weighted by Crippen LogP contribution is -2.53. The van der Waals surface area contributed by atoms with Gasteiger partial charge in [-0.05, 0) is 79.4 Å². The van der Waals surface area contributed by atoms with Crippen LogP contribution in [0.3, 0.4) is 0 Å². The fraction of sp³-hybridized carbons (Fsp3) is 0.375. The number of nitrogens with zero attached hydrogens (tertiary/aromatic N) is 2. The Labute approximate surface area is 258 Å².